The van der Waals surface area contributed by atoms with Gasteiger partial charge in [0.25, 0.3) is 0 Å². The van der Waals surface area contributed by atoms with Gasteiger partial charge in [0.1, 0.15) is 22.5 Å². The number of hydrogen-bond donors (Lipinski definition) is 1. The van der Waals surface area contributed by atoms with E-state index in [-0.39, 0.29) is 34.7 Å². The van der Waals surface area contributed by atoms with Crippen LogP contribution in [0.2, 0.25) is 0 Å². The number of methoxy groups -OCH3 is 1. The molecule has 2 heterocycles. The summed E-state index contributed by atoms with van der Waals surface area (Å²) in [6.45, 7) is -0.00125. The summed E-state index contributed by atoms with van der Waals surface area (Å²) in [6.07, 6.45) is 0. The van der Waals surface area contributed by atoms with Gasteiger partial charge in [-0.15, -0.1) is 0 Å². The smallest absolute Gasteiger partial charge is 0.231 e. The van der Waals surface area contributed by atoms with Gasteiger partial charge in [0, 0.05) is 17.7 Å². The normalized spacial score (nSPS) is 12.6. The third-order valence-electron chi connectivity index (χ3n) is 3.70. The first-order valence-electron chi connectivity index (χ1n) is 6.91. The highest BCUT2D eigenvalue weighted by atomic mass is 16.7. The maximum absolute atomic E-state index is 12.4. The number of phenolic OH excluding ortho intramolecular Hbond substituents is 1. The van der Waals surface area contributed by atoms with Gasteiger partial charge in [0.2, 0.25) is 12.5 Å². The van der Waals surface area contributed by atoms with Gasteiger partial charge in [-0.1, -0.05) is 0 Å². The molecular formula is C17H12O6. The molecule has 0 fully saturated rings. The van der Waals surface area contributed by atoms with Crippen LogP contribution in [0.15, 0.2) is 45.6 Å². The Morgan fingerprint density at radius 2 is 1.91 bits per heavy atom. The van der Waals surface area contributed by atoms with E-state index in [9.17, 15) is 9.90 Å². The highest BCUT2D eigenvalue weighted by molar-refractivity contribution is 5.89. The predicted molar refractivity (Wildman–Crippen MR) is 82.3 cm³/mol. The third-order valence-corrected chi connectivity index (χ3v) is 3.70. The van der Waals surface area contributed by atoms with Crippen molar-refractivity contribution >= 4 is 11.0 Å². The second-order valence-electron chi connectivity index (χ2n) is 5.04. The lowest BCUT2D eigenvalue weighted by molar-refractivity contribution is 0.171. The van der Waals surface area contributed by atoms with Crippen molar-refractivity contribution in [3.63, 3.8) is 0 Å². The summed E-state index contributed by atoms with van der Waals surface area (Å²) >= 11 is 0. The van der Waals surface area contributed by atoms with Gasteiger partial charge in [-0.05, 0) is 24.3 Å². The van der Waals surface area contributed by atoms with Crippen LogP contribution < -0.4 is 19.6 Å². The fraction of sp³-hybridized carbons (Fsp3) is 0.118. The molecule has 2 aromatic carbocycles. The number of fused-ring (bicyclic) bond motifs is 2. The maximum Gasteiger partial charge on any atom is 0.231 e. The van der Waals surface area contributed by atoms with E-state index in [1.165, 1.54) is 6.07 Å². The highest BCUT2D eigenvalue weighted by Crippen LogP contribution is 2.44. The van der Waals surface area contributed by atoms with E-state index in [0.717, 1.165) is 5.56 Å². The van der Waals surface area contributed by atoms with Crippen molar-refractivity contribution in [1.29, 1.82) is 0 Å². The quantitative estimate of drug-likeness (QED) is 0.784. The summed E-state index contributed by atoms with van der Waals surface area (Å²) < 4.78 is 21.3. The molecule has 0 saturated heterocycles. The molecule has 1 aliphatic rings. The first-order valence-corrected chi connectivity index (χ1v) is 6.91. The molecule has 1 aliphatic heterocycles. The second kappa shape index (κ2) is 4.95. The number of rotatable bonds is 2. The lowest BCUT2D eigenvalue weighted by Crippen LogP contribution is -2.01. The summed E-state index contributed by atoms with van der Waals surface area (Å²) in [4.78, 5) is 12.4. The Hall–Kier alpha value is -3.15. The molecule has 0 aliphatic carbocycles. The Kier molecular flexibility index (Phi) is 2.90. The molecule has 6 nitrogen and oxygen atoms in total. The molecule has 6 heteroatoms. The number of ether oxygens (including phenoxy) is 3. The van der Waals surface area contributed by atoms with E-state index in [0.29, 0.717) is 17.3 Å². The lowest BCUT2D eigenvalue weighted by Gasteiger charge is -2.07. The van der Waals surface area contributed by atoms with Crippen molar-refractivity contribution in [3.05, 3.63) is 46.6 Å². The van der Waals surface area contributed by atoms with Crippen LogP contribution in [0.5, 0.6) is 23.0 Å². The first kappa shape index (κ1) is 13.5. The number of aromatic hydroxyl groups is 1. The SMILES string of the molecule is COc1ccc(-c2cc(=O)c3c(O)c4c(cc3o2)OCO4)cc1. The van der Waals surface area contributed by atoms with Crippen molar-refractivity contribution in [1.82, 2.24) is 0 Å². The largest absolute Gasteiger partial charge is 0.504 e. The maximum atomic E-state index is 12.4. The number of hydrogen-bond acceptors (Lipinski definition) is 6. The van der Waals surface area contributed by atoms with E-state index in [1.807, 2.05) is 0 Å². The summed E-state index contributed by atoms with van der Waals surface area (Å²) in [5.41, 5.74) is 0.611. The van der Waals surface area contributed by atoms with Gasteiger partial charge in [0.15, 0.2) is 16.9 Å². The fourth-order valence-corrected chi connectivity index (χ4v) is 2.56. The summed E-state index contributed by atoms with van der Waals surface area (Å²) in [5.74, 6) is 1.36. The average Bonchev–Trinajstić information content (AvgIpc) is 3.03. The minimum Gasteiger partial charge on any atom is -0.504 e. The minimum atomic E-state index is -0.354. The Morgan fingerprint density at radius 3 is 2.65 bits per heavy atom. The molecule has 23 heavy (non-hydrogen) atoms. The molecule has 0 unspecified atom stereocenters. The highest BCUT2D eigenvalue weighted by Gasteiger charge is 2.24. The van der Waals surface area contributed by atoms with Gasteiger partial charge < -0.3 is 23.7 Å². The lowest BCUT2D eigenvalue weighted by atomic mass is 10.1. The van der Waals surface area contributed by atoms with E-state index in [4.69, 9.17) is 18.6 Å². The van der Waals surface area contributed by atoms with Crippen LogP contribution in [-0.4, -0.2) is 19.0 Å². The molecule has 3 aromatic rings. The van der Waals surface area contributed by atoms with Gasteiger partial charge in [-0.2, -0.15) is 0 Å². The second-order valence-corrected chi connectivity index (χ2v) is 5.04. The number of benzene rings is 2. The molecule has 0 amide bonds. The molecule has 1 N–H and O–H groups in total. The average molecular weight is 312 g/mol. The standard InChI is InChI=1S/C17H12O6/c1-20-10-4-2-9(3-5-10)12-6-11(18)15-13(23-12)7-14-17(16(15)19)22-8-21-14/h2-7,19H,8H2,1H3. The molecule has 1 aromatic heterocycles. The number of phenols is 1. The molecule has 4 rings (SSSR count). The minimum absolute atomic E-state index is 0.00125. The zero-order valence-corrected chi connectivity index (χ0v) is 12.2. The van der Waals surface area contributed by atoms with Crippen molar-refractivity contribution in [3.8, 4) is 34.3 Å². The van der Waals surface area contributed by atoms with Gasteiger partial charge in [-0.25, -0.2) is 0 Å². The molecule has 116 valence electrons. The molecule has 0 bridgehead atoms. The zero-order valence-electron chi connectivity index (χ0n) is 12.2. The predicted octanol–water partition coefficient (Wildman–Crippen LogP) is 2.90. The van der Waals surface area contributed by atoms with Crippen LogP contribution in [0.25, 0.3) is 22.3 Å². The van der Waals surface area contributed by atoms with Gasteiger partial charge in [-0.3, -0.25) is 4.79 Å². The summed E-state index contributed by atoms with van der Waals surface area (Å²) in [7, 11) is 1.58. The van der Waals surface area contributed by atoms with E-state index in [1.54, 1.807) is 37.4 Å². The molecule has 0 spiro atoms. The Bertz CT molecular complexity index is 955. The van der Waals surface area contributed by atoms with Crippen LogP contribution in [0.4, 0.5) is 0 Å². The van der Waals surface area contributed by atoms with Gasteiger partial charge in [0.05, 0.1) is 7.11 Å². The van der Waals surface area contributed by atoms with Crippen molar-refractivity contribution < 1.29 is 23.7 Å². The fourth-order valence-electron chi connectivity index (χ4n) is 2.56. The van der Waals surface area contributed by atoms with Gasteiger partial charge >= 0.3 is 0 Å². The van der Waals surface area contributed by atoms with E-state index < -0.39 is 0 Å². The van der Waals surface area contributed by atoms with Crippen LogP contribution in [0, 0.1) is 0 Å². The Labute approximate surface area is 130 Å². The summed E-state index contributed by atoms with van der Waals surface area (Å²) in [5, 5.41) is 10.3. The van der Waals surface area contributed by atoms with Crippen LogP contribution in [0.3, 0.4) is 0 Å². The summed E-state index contributed by atoms with van der Waals surface area (Å²) in [6, 6.07) is 10.0. The van der Waals surface area contributed by atoms with Crippen molar-refractivity contribution in [2.75, 3.05) is 13.9 Å². The molecule has 0 radical (unpaired) electrons. The molecular weight excluding hydrogens is 300 g/mol. The first-order chi connectivity index (χ1) is 11.2. The topological polar surface area (TPSA) is 78.1 Å². The van der Waals surface area contributed by atoms with Crippen molar-refractivity contribution in [2.24, 2.45) is 0 Å². The van der Waals surface area contributed by atoms with Crippen molar-refractivity contribution in [2.45, 2.75) is 0 Å². The Balaban J connectivity index is 1.93. The van der Waals surface area contributed by atoms with Crippen LogP contribution >= 0.6 is 0 Å². The van der Waals surface area contributed by atoms with E-state index in [2.05, 4.69) is 0 Å². The zero-order chi connectivity index (χ0) is 16.0. The van der Waals surface area contributed by atoms with Crippen LogP contribution in [0.1, 0.15) is 0 Å². The third kappa shape index (κ3) is 2.07. The Morgan fingerprint density at radius 1 is 1.13 bits per heavy atom. The molecule has 0 saturated carbocycles. The molecule has 0 atom stereocenters. The van der Waals surface area contributed by atoms with Crippen LogP contribution in [-0.2, 0) is 0 Å². The van der Waals surface area contributed by atoms with E-state index >= 15 is 0 Å². The monoisotopic (exact) mass is 312 g/mol.